The predicted octanol–water partition coefficient (Wildman–Crippen LogP) is 7.08. The third kappa shape index (κ3) is 2.59. The van der Waals surface area contributed by atoms with E-state index in [-0.39, 0.29) is 0 Å². The molecule has 0 heterocycles. The lowest BCUT2D eigenvalue weighted by atomic mass is 9.90. The minimum absolute atomic E-state index is 0.536. The van der Waals surface area contributed by atoms with Crippen LogP contribution in [0.4, 0.5) is 0 Å². The molecule has 0 fully saturated rings. The van der Waals surface area contributed by atoms with Crippen LogP contribution >= 0.6 is 0 Å². The van der Waals surface area contributed by atoms with Crippen LogP contribution in [0.5, 0.6) is 0 Å². The number of fused-ring (bicyclic) bond motifs is 2. The van der Waals surface area contributed by atoms with Crippen LogP contribution in [-0.2, 0) is 0 Å². The molecule has 4 aliphatic rings. The van der Waals surface area contributed by atoms with Crippen molar-refractivity contribution >= 4 is 0 Å². The van der Waals surface area contributed by atoms with Gasteiger partial charge in [-0.2, -0.15) is 0 Å². The van der Waals surface area contributed by atoms with Gasteiger partial charge in [0.25, 0.3) is 0 Å². The Balaban J connectivity index is 1.50. The Kier molecular flexibility index (Phi) is 4.15. The summed E-state index contributed by atoms with van der Waals surface area (Å²) in [6.45, 7) is 9.23. The molecule has 0 aromatic carbocycles. The standard InChI is InChI=1S/C25H28/c1-16-18(3)22(24-12-7-5-10-20(16)24)14-9-15-23-19(4)17(2)21-11-6-8-13-25(21)23/h5-8,10,12-13,20H,9,11,14-15H2,1-4H3. The molecule has 1 unspecified atom stereocenters. The normalized spacial score (nSPS) is 24.6. The highest BCUT2D eigenvalue weighted by molar-refractivity contribution is 5.65. The lowest BCUT2D eigenvalue weighted by Gasteiger charge is -2.15. The van der Waals surface area contributed by atoms with E-state index in [9.17, 15) is 0 Å². The van der Waals surface area contributed by atoms with Crippen LogP contribution in [0.2, 0.25) is 0 Å². The SMILES string of the molecule is CC1=C2CC=CC=C2C(CCCC2=C3C=CC=CC3C(C)=C2C)=C1C. The third-order valence-corrected chi connectivity index (χ3v) is 6.58. The summed E-state index contributed by atoms with van der Waals surface area (Å²) in [6.07, 6.45) is 20.6. The molecule has 0 aromatic heterocycles. The lowest BCUT2D eigenvalue weighted by Crippen LogP contribution is -2.00. The molecule has 0 spiro atoms. The van der Waals surface area contributed by atoms with Crippen molar-refractivity contribution in [3.05, 3.63) is 92.7 Å². The molecule has 0 aliphatic heterocycles. The summed E-state index contributed by atoms with van der Waals surface area (Å²) >= 11 is 0. The molecule has 0 amide bonds. The van der Waals surface area contributed by atoms with Gasteiger partial charge >= 0.3 is 0 Å². The number of hydrogen-bond donors (Lipinski definition) is 0. The molecular formula is C25H28. The molecule has 25 heavy (non-hydrogen) atoms. The van der Waals surface area contributed by atoms with Crippen molar-refractivity contribution in [1.82, 2.24) is 0 Å². The minimum atomic E-state index is 0.536. The first-order chi connectivity index (χ1) is 12.1. The highest BCUT2D eigenvalue weighted by atomic mass is 14.3. The molecule has 1 atom stereocenters. The fourth-order valence-corrected chi connectivity index (χ4v) is 4.84. The molecule has 0 nitrogen and oxygen atoms in total. The average Bonchev–Trinajstić information content (AvgIpc) is 3.03. The second kappa shape index (κ2) is 6.33. The van der Waals surface area contributed by atoms with E-state index in [1.807, 2.05) is 0 Å². The van der Waals surface area contributed by atoms with Gasteiger partial charge in [0.15, 0.2) is 0 Å². The second-order valence-corrected chi connectivity index (χ2v) is 7.74. The second-order valence-electron chi connectivity index (χ2n) is 7.74. The van der Waals surface area contributed by atoms with E-state index in [4.69, 9.17) is 0 Å². The number of allylic oxidation sites excluding steroid dienone is 16. The van der Waals surface area contributed by atoms with E-state index in [1.54, 1.807) is 27.9 Å². The van der Waals surface area contributed by atoms with Gasteiger partial charge in [-0.3, -0.25) is 0 Å². The van der Waals surface area contributed by atoms with E-state index in [0.29, 0.717) is 5.92 Å². The summed E-state index contributed by atoms with van der Waals surface area (Å²) in [5, 5.41) is 0. The van der Waals surface area contributed by atoms with Gasteiger partial charge in [0.05, 0.1) is 0 Å². The van der Waals surface area contributed by atoms with Crippen molar-refractivity contribution in [3.8, 4) is 0 Å². The van der Waals surface area contributed by atoms with E-state index >= 15 is 0 Å². The molecular weight excluding hydrogens is 300 g/mol. The van der Waals surface area contributed by atoms with Crippen molar-refractivity contribution < 1.29 is 0 Å². The Bertz CT molecular complexity index is 869. The summed E-state index contributed by atoms with van der Waals surface area (Å²) in [4.78, 5) is 0. The monoisotopic (exact) mass is 328 g/mol. The summed E-state index contributed by atoms with van der Waals surface area (Å²) in [7, 11) is 0. The fraction of sp³-hybridized carbons (Fsp3) is 0.360. The maximum absolute atomic E-state index is 2.35. The molecule has 0 saturated carbocycles. The van der Waals surface area contributed by atoms with E-state index in [2.05, 4.69) is 70.2 Å². The van der Waals surface area contributed by atoms with Crippen molar-refractivity contribution in [2.75, 3.05) is 0 Å². The molecule has 0 aromatic rings. The zero-order chi connectivity index (χ0) is 17.6. The summed E-state index contributed by atoms with van der Waals surface area (Å²) in [5.74, 6) is 0.536. The van der Waals surface area contributed by atoms with Gasteiger partial charge < -0.3 is 0 Å². The van der Waals surface area contributed by atoms with Crippen LogP contribution in [0.1, 0.15) is 53.4 Å². The predicted molar refractivity (Wildman–Crippen MR) is 108 cm³/mol. The van der Waals surface area contributed by atoms with Crippen LogP contribution in [0.3, 0.4) is 0 Å². The van der Waals surface area contributed by atoms with E-state index in [0.717, 1.165) is 6.42 Å². The van der Waals surface area contributed by atoms with Crippen LogP contribution in [0.25, 0.3) is 0 Å². The van der Waals surface area contributed by atoms with E-state index < -0.39 is 0 Å². The highest BCUT2D eigenvalue weighted by Crippen LogP contribution is 2.45. The molecule has 0 saturated heterocycles. The number of rotatable bonds is 4. The van der Waals surface area contributed by atoms with Crippen LogP contribution < -0.4 is 0 Å². The van der Waals surface area contributed by atoms with Gasteiger partial charge in [0.2, 0.25) is 0 Å². The molecule has 128 valence electrons. The van der Waals surface area contributed by atoms with Crippen LogP contribution in [-0.4, -0.2) is 0 Å². The van der Waals surface area contributed by atoms with Crippen molar-refractivity contribution in [1.29, 1.82) is 0 Å². The van der Waals surface area contributed by atoms with Gasteiger partial charge in [-0.1, -0.05) is 48.1 Å². The molecule has 4 rings (SSSR count). The van der Waals surface area contributed by atoms with Gasteiger partial charge in [-0.25, -0.2) is 0 Å². The zero-order valence-corrected chi connectivity index (χ0v) is 15.9. The maximum atomic E-state index is 2.35. The Morgan fingerprint density at radius 1 is 0.880 bits per heavy atom. The lowest BCUT2D eigenvalue weighted by molar-refractivity contribution is 0.805. The van der Waals surface area contributed by atoms with Crippen LogP contribution in [0, 0.1) is 5.92 Å². The summed E-state index contributed by atoms with van der Waals surface area (Å²) < 4.78 is 0. The third-order valence-electron chi connectivity index (χ3n) is 6.58. The topological polar surface area (TPSA) is 0 Å². The first kappa shape index (κ1) is 16.4. The van der Waals surface area contributed by atoms with Gasteiger partial charge in [0, 0.05) is 5.92 Å². The van der Waals surface area contributed by atoms with Crippen molar-refractivity contribution in [2.24, 2.45) is 5.92 Å². The van der Waals surface area contributed by atoms with Crippen LogP contribution in [0.15, 0.2) is 92.7 Å². The largest absolute Gasteiger partial charge is 0.0801 e. The smallest absolute Gasteiger partial charge is 0.0237 e. The van der Waals surface area contributed by atoms with Gasteiger partial charge in [-0.15, -0.1) is 0 Å². The average molecular weight is 328 g/mol. The zero-order valence-electron chi connectivity index (χ0n) is 15.9. The van der Waals surface area contributed by atoms with Gasteiger partial charge in [-0.05, 0) is 98.0 Å². The Labute approximate surface area is 152 Å². The molecule has 4 aliphatic carbocycles. The fourth-order valence-electron chi connectivity index (χ4n) is 4.84. The molecule has 0 heteroatoms. The Morgan fingerprint density at radius 3 is 2.52 bits per heavy atom. The summed E-state index contributed by atoms with van der Waals surface area (Å²) in [6, 6.07) is 0. The molecule has 0 N–H and O–H groups in total. The van der Waals surface area contributed by atoms with E-state index in [1.165, 1.54) is 41.6 Å². The van der Waals surface area contributed by atoms with Crippen molar-refractivity contribution in [2.45, 2.75) is 53.4 Å². The maximum Gasteiger partial charge on any atom is 0.0237 e. The Morgan fingerprint density at radius 2 is 1.68 bits per heavy atom. The van der Waals surface area contributed by atoms with Crippen molar-refractivity contribution in [3.63, 3.8) is 0 Å². The quantitative estimate of drug-likeness (QED) is 0.517. The first-order valence-corrected chi connectivity index (χ1v) is 9.62. The number of hydrogen-bond acceptors (Lipinski definition) is 0. The minimum Gasteiger partial charge on any atom is -0.0801 e. The summed E-state index contributed by atoms with van der Waals surface area (Å²) in [5.41, 5.74) is 13.9. The van der Waals surface area contributed by atoms with Gasteiger partial charge in [0.1, 0.15) is 0 Å². The highest BCUT2D eigenvalue weighted by Gasteiger charge is 2.27. The molecule has 0 bridgehead atoms. The Hall–Kier alpha value is -2.08. The molecule has 0 radical (unpaired) electrons. The first-order valence-electron chi connectivity index (χ1n) is 9.62.